The first-order valence-electron chi connectivity index (χ1n) is 8.86. The predicted molar refractivity (Wildman–Crippen MR) is 89.6 cm³/mol. The quantitative estimate of drug-likeness (QED) is 0.687. The van der Waals surface area contributed by atoms with Gasteiger partial charge < -0.3 is 14.7 Å². The zero-order chi connectivity index (χ0) is 16.5. The first-order valence-corrected chi connectivity index (χ1v) is 8.86. The van der Waals surface area contributed by atoms with Crippen molar-refractivity contribution in [1.29, 1.82) is 0 Å². The van der Waals surface area contributed by atoms with Crippen molar-refractivity contribution in [2.75, 3.05) is 45.8 Å². The van der Waals surface area contributed by atoms with Crippen LogP contribution in [-0.2, 0) is 9.59 Å². The molecule has 1 aliphatic heterocycles. The number of hydrogen-bond acceptors (Lipinski definition) is 3. The summed E-state index contributed by atoms with van der Waals surface area (Å²) in [7, 11) is 0. The van der Waals surface area contributed by atoms with Crippen LogP contribution in [0.3, 0.4) is 0 Å². The largest absolute Gasteiger partial charge is 0.339 e. The third-order valence-corrected chi connectivity index (χ3v) is 4.82. The van der Waals surface area contributed by atoms with Gasteiger partial charge in [0.2, 0.25) is 11.8 Å². The van der Waals surface area contributed by atoms with Crippen LogP contribution in [-0.4, -0.2) is 72.3 Å². The Kier molecular flexibility index (Phi) is 8.46. The Bertz CT molecular complexity index is 344. The van der Waals surface area contributed by atoms with Crippen LogP contribution in [0.5, 0.6) is 0 Å². The molecule has 1 fully saturated rings. The van der Waals surface area contributed by atoms with Crippen LogP contribution in [0, 0.1) is 5.92 Å². The van der Waals surface area contributed by atoms with E-state index in [0.717, 1.165) is 32.5 Å². The Hall–Kier alpha value is -1.10. The molecule has 1 heterocycles. The maximum atomic E-state index is 12.3. The maximum absolute atomic E-state index is 12.3. The molecule has 0 N–H and O–H groups in total. The molecule has 0 saturated carbocycles. The van der Waals surface area contributed by atoms with Crippen molar-refractivity contribution >= 4 is 11.8 Å². The Balaban J connectivity index is 2.38. The van der Waals surface area contributed by atoms with Crippen LogP contribution in [0.4, 0.5) is 0 Å². The molecule has 128 valence electrons. The van der Waals surface area contributed by atoms with E-state index in [2.05, 4.69) is 32.6 Å². The fourth-order valence-electron chi connectivity index (χ4n) is 3.02. The van der Waals surface area contributed by atoms with Gasteiger partial charge in [0.05, 0.1) is 0 Å². The standard InChI is InChI=1S/C17H33N3O2/c1-5-15(6-2)17(22)20-13-11-19(12-14-20)16(21)9-10-18(7-3)8-4/h15H,5-14H2,1-4H3. The second kappa shape index (κ2) is 9.82. The molecule has 0 spiro atoms. The van der Waals surface area contributed by atoms with Gasteiger partial charge in [-0.15, -0.1) is 0 Å². The minimum atomic E-state index is 0.143. The van der Waals surface area contributed by atoms with E-state index < -0.39 is 0 Å². The monoisotopic (exact) mass is 311 g/mol. The van der Waals surface area contributed by atoms with Crippen molar-refractivity contribution < 1.29 is 9.59 Å². The molecule has 2 amide bonds. The summed E-state index contributed by atoms with van der Waals surface area (Å²) in [5, 5.41) is 0. The normalized spacial score (nSPS) is 15.7. The van der Waals surface area contributed by atoms with Gasteiger partial charge in [-0.3, -0.25) is 9.59 Å². The van der Waals surface area contributed by atoms with Crippen molar-refractivity contribution in [2.24, 2.45) is 5.92 Å². The van der Waals surface area contributed by atoms with Gasteiger partial charge in [0.25, 0.3) is 0 Å². The molecule has 0 radical (unpaired) electrons. The summed E-state index contributed by atoms with van der Waals surface area (Å²) in [5.74, 6) is 0.631. The van der Waals surface area contributed by atoms with Crippen LogP contribution in [0.2, 0.25) is 0 Å². The Morgan fingerprint density at radius 1 is 0.909 bits per heavy atom. The lowest BCUT2D eigenvalue weighted by Gasteiger charge is -2.36. The average Bonchev–Trinajstić information content (AvgIpc) is 2.56. The van der Waals surface area contributed by atoms with Crippen LogP contribution < -0.4 is 0 Å². The number of hydrogen-bond donors (Lipinski definition) is 0. The topological polar surface area (TPSA) is 43.9 Å². The van der Waals surface area contributed by atoms with Crippen molar-refractivity contribution in [1.82, 2.24) is 14.7 Å². The zero-order valence-electron chi connectivity index (χ0n) is 14.8. The summed E-state index contributed by atoms with van der Waals surface area (Å²) in [6.45, 7) is 13.9. The molecule has 22 heavy (non-hydrogen) atoms. The number of carbonyl (C=O) groups is 2. The van der Waals surface area contributed by atoms with E-state index in [-0.39, 0.29) is 17.7 Å². The Morgan fingerprint density at radius 3 is 1.86 bits per heavy atom. The van der Waals surface area contributed by atoms with Gasteiger partial charge in [0.1, 0.15) is 0 Å². The molecule has 0 aromatic heterocycles. The molecule has 0 atom stereocenters. The SMILES string of the molecule is CCC(CC)C(=O)N1CCN(C(=O)CCN(CC)CC)CC1. The number of amides is 2. The highest BCUT2D eigenvalue weighted by Gasteiger charge is 2.27. The lowest BCUT2D eigenvalue weighted by Crippen LogP contribution is -2.52. The van der Waals surface area contributed by atoms with Crippen LogP contribution in [0.25, 0.3) is 0 Å². The second-order valence-electron chi connectivity index (χ2n) is 6.00. The fourth-order valence-corrected chi connectivity index (χ4v) is 3.02. The van der Waals surface area contributed by atoms with E-state index in [1.54, 1.807) is 0 Å². The second-order valence-corrected chi connectivity index (χ2v) is 6.00. The number of carbonyl (C=O) groups excluding carboxylic acids is 2. The Labute approximate surface area is 135 Å². The summed E-state index contributed by atoms with van der Waals surface area (Å²) < 4.78 is 0. The van der Waals surface area contributed by atoms with Gasteiger partial charge in [0.15, 0.2) is 0 Å². The minimum Gasteiger partial charge on any atom is -0.339 e. The predicted octanol–water partition coefficient (Wildman–Crippen LogP) is 1.83. The molecule has 0 aliphatic carbocycles. The Morgan fingerprint density at radius 2 is 1.41 bits per heavy atom. The third kappa shape index (κ3) is 5.27. The van der Waals surface area contributed by atoms with E-state index in [4.69, 9.17) is 0 Å². The van der Waals surface area contributed by atoms with Crippen molar-refractivity contribution in [3.63, 3.8) is 0 Å². The molecule has 1 saturated heterocycles. The highest BCUT2D eigenvalue weighted by atomic mass is 16.2. The summed E-state index contributed by atoms with van der Waals surface area (Å²) in [5.41, 5.74) is 0. The summed E-state index contributed by atoms with van der Waals surface area (Å²) >= 11 is 0. The van der Waals surface area contributed by atoms with Crippen LogP contribution in [0.1, 0.15) is 47.0 Å². The zero-order valence-corrected chi connectivity index (χ0v) is 14.8. The van der Waals surface area contributed by atoms with Gasteiger partial charge in [0, 0.05) is 45.1 Å². The van der Waals surface area contributed by atoms with E-state index in [1.165, 1.54) is 0 Å². The molecule has 0 aromatic carbocycles. The van der Waals surface area contributed by atoms with Crippen molar-refractivity contribution in [3.05, 3.63) is 0 Å². The number of piperazine rings is 1. The highest BCUT2D eigenvalue weighted by Crippen LogP contribution is 2.14. The van der Waals surface area contributed by atoms with Gasteiger partial charge in [-0.05, 0) is 25.9 Å². The molecule has 0 unspecified atom stereocenters. The van der Waals surface area contributed by atoms with Gasteiger partial charge >= 0.3 is 0 Å². The molecular formula is C17H33N3O2. The average molecular weight is 311 g/mol. The fraction of sp³-hybridized carbons (Fsp3) is 0.882. The van der Waals surface area contributed by atoms with Gasteiger partial charge in [-0.2, -0.15) is 0 Å². The van der Waals surface area contributed by atoms with Crippen molar-refractivity contribution in [2.45, 2.75) is 47.0 Å². The smallest absolute Gasteiger partial charge is 0.225 e. The summed E-state index contributed by atoms with van der Waals surface area (Å²) in [6.07, 6.45) is 2.39. The minimum absolute atomic E-state index is 0.143. The van der Waals surface area contributed by atoms with E-state index in [0.29, 0.717) is 32.6 Å². The first kappa shape index (κ1) is 18.9. The van der Waals surface area contributed by atoms with E-state index >= 15 is 0 Å². The van der Waals surface area contributed by atoms with E-state index in [9.17, 15) is 9.59 Å². The third-order valence-electron chi connectivity index (χ3n) is 4.82. The number of rotatable bonds is 8. The van der Waals surface area contributed by atoms with Crippen molar-refractivity contribution in [3.8, 4) is 0 Å². The lowest BCUT2D eigenvalue weighted by atomic mass is 10.0. The van der Waals surface area contributed by atoms with Crippen LogP contribution in [0.15, 0.2) is 0 Å². The summed E-state index contributed by atoms with van der Waals surface area (Å²) in [4.78, 5) is 30.7. The summed E-state index contributed by atoms with van der Waals surface area (Å²) in [6, 6.07) is 0. The highest BCUT2D eigenvalue weighted by molar-refractivity contribution is 5.80. The lowest BCUT2D eigenvalue weighted by molar-refractivity contribution is -0.142. The van der Waals surface area contributed by atoms with Crippen LogP contribution >= 0.6 is 0 Å². The molecular weight excluding hydrogens is 278 g/mol. The van der Waals surface area contributed by atoms with E-state index in [1.807, 2.05) is 9.80 Å². The van der Waals surface area contributed by atoms with Gasteiger partial charge in [-0.1, -0.05) is 27.7 Å². The molecule has 5 nitrogen and oxygen atoms in total. The molecule has 1 aliphatic rings. The molecule has 5 heteroatoms. The first-order chi connectivity index (χ1) is 10.6. The maximum Gasteiger partial charge on any atom is 0.225 e. The molecule has 0 bridgehead atoms. The van der Waals surface area contributed by atoms with Gasteiger partial charge in [-0.25, -0.2) is 0 Å². The molecule has 1 rings (SSSR count). The number of nitrogens with zero attached hydrogens (tertiary/aromatic N) is 3. The molecule has 0 aromatic rings.